The molecule has 3 nitrogen and oxygen atoms in total. The van der Waals surface area contributed by atoms with Gasteiger partial charge in [0.15, 0.2) is 0 Å². The van der Waals surface area contributed by atoms with Crippen LogP contribution in [0.5, 0.6) is 0 Å². The second-order valence-corrected chi connectivity index (χ2v) is 10.0. The number of likely N-dealkylation sites (N-methyl/N-ethyl adjacent to an activating group) is 1. The quantitative estimate of drug-likeness (QED) is 0.466. The largest absolute Gasteiger partial charge is 0.389 e. The van der Waals surface area contributed by atoms with Gasteiger partial charge in [0.25, 0.3) is 0 Å². The van der Waals surface area contributed by atoms with E-state index >= 15 is 0 Å². The number of nitrogens with two attached hydrogens (primary N) is 1. The van der Waals surface area contributed by atoms with Gasteiger partial charge in [-0.3, -0.25) is 0 Å². The number of hydrogen-bond acceptors (Lipinski definition) is 4. The third-order valence-corrected chi connectivity index (χ3v) is 7.26. The summed E-state index contributed by atoms with van der Waals surface area (Å²) in [5, 5.41) is 0. The minimum Gasteiger partial charge on any atom is -0.389 e. The van der Waals surface area contributed by atoms with Gasteiger partial charge in [-0.2, -0.15) is 0 Å². The van der Waals surface area contributed by atoms with Gasteiger partial charge in [0.2, 0.25) is 0 Å². The fourth-order valence-corrected chi connectivity index (χ4v) is 5.55. The molecule has 0 aliphatic carbocycles. The zero-order valence-corrected chi connectivity index (χ0v) is 20.6. The Labute approximate surface area is 192 Å². The molecule has 0 saturated heterocycles. The number of nitrogens with zero attached hydrogens (tertiary/aromatic N) is 2. The molecule has 1 unspecified atom stereocenters. The van der Waals surface area contributed by atoms with E-state index in [9.17, 15) is 0 Å². The van der Waals surface area contributed by atoms with Crippen LogP contribution in [0.4, 0.5) is 11.4 Å². The van der Waals surface area contributed by atoms with Crippen LogP contribution in [0.1, 0.15) is 52.2 Å². The second-order valence-electron chi connectivity index (χ2n) is 8.51. The summed E-state index contributed by atoms with van der Waals surface area (Å²) in [7, 11) is 0. The number of rotatable bonds is 9. The van der Waals surface area contributed by atoms with Gasteiger partial charge in [-0.1, -0.05) is 69.9 Å². The van der Waals surface area contributed by atoms with Gasteiger partial charge in [-0.05, 0) is 62.5 Å². The molecule has 162 valence electrons. The molecule has 30 heavy (non-hydrogen) atoms. The summed E-state index contributed by atoms with van der Waals surface area (Å²) < 4.78 is 0. The van der Waals surface area contributed by atoms with Crippen molar-refractivity contribution in [2.45, 2.75) is 63.3 Å². The van der Waals surface area contributed by atoms with E-state index in [0.29, 0.717) is 16.9 Å². The monoisotopic (exact) mass is 441 g/mol. The minimum absolute atomic E-state index is 0.338. The zero-order chi connectivity index (χ0) is 21.8. The van der Waals surface area contributed by atoms with E-state index in [1.165, 1.54) is 26.7 Å². The molecule has 0 amide bonds. The molecule has 0 bridgehead atoms. The molecular formula is C25H35N3S2. The summed E-state index contributed by atoms with van der Waals surface area (Å²) in [6.07, 6.45) is 2.11. The molecule has 1 aliphatic rings. The van der Waals surface area contributed by atoms with E-state index in [4.69, 9.17) is 18.0 Å². The van der Waals surface area contributed by atoms with Crippen molar-refractivity contribution >= 4 is 40.3 Å². The lowest BCUT2D eigenvalue weighted by Crippen LogP contribution is -2.41. The van der Waals surface area contributed by atoms with Crippen molar-refractivity contribution in [2.75, 3.05) is 24.5 Å². The standard InChI is InChI=1S/C25H35N3S2/c1-6-27(7-2)16-18(5)28-21-10-8-9-11-22(21)30-23-15-14-20(25(26)29)19(24(23)28)13-12-17(3)4/h8-11,14-15,17-18H,6-7,12-13,16H2,1-5H3,(H2,26,29). The molecule has 0 aromatic heterocycles. The molecule has 1 aliphatic heterocycles. The van der Waals surface area contributed by atoms with Crippen molar-refractivity contribution in [3.8, 4) is 0 Å². The first kappa shape index (κ1) is 23.1. The van der Waals surface area contributed by atoms with Crippen molar-refractivity contribution in [3.05, 3.63) is 47.5 Å². The van der Waals surface area contributed by atoms with Gasteiger partial charge < -0.3 is 15.5 Å². The molecule has 0 saturated carbocycles. The summed E-state index contributed by atoms with van der Waals surface area (Å²) in [6, 6.07) is 13.4. The maximum absolute atomic E-state index is 6.19. The van der Waals surface area contributed by atoms with Crippen LogP contribution in [0, 0.1) is 5.92 Å². The van der Waals surface area contributed by atoms with Gasteiger partial charge in [-0.25, -0.2) is 0 Å². The minimum atomic E-state index is 0.338. The lowest BCUT2D eigenvalue weighted by atomic mass is 9.95. The Morgan fingerprint density at radius 2 is 1.77 bits per heavy atom. The molecule has 5 heteroatoms. The summed E-state index contributed by atoms with van der Waals surface area (Å²) in [6.45, 7) is 14.5. The number of fused-ring (bicyclic) bond motifs is 2. The van der Waals surface area contributed by atoms with Gasteiger partial charge in [0.05, 0.1) is 11.4 Å². The van der Waals surface area contributed by atoms with Crippen molar-refractivity contribution in [1.82, 2.24) is 4.90 Å². The highest BCUT2D eigenvalue weighted by molar-refractivity contribution is 7.99. The Balaban J connectivity index is 2.16. The molecule has 3 rings (SSSR count). The number of thiocarbonyl (C=S) groups is 1. The Kier molecular flexibility index (Phi) is 7.83. The number of hydrogen-bond donors (Lipinski definition) is 1. The Morgan fingerprint density at radius 1 is 1.07 bits per heavy atom. The maximum Gasteiger partial charge on any atom is 0.104 e. The fourth-order valence-electron chi connectivity index (χ4n) is 4.25. The third-order valence-electron chi connectivity index (χ3n) is 5.93. The van der Waals surface area contributed by atoms with Crippen LogP contribution in [-0.4, -0.2) is 35.6 Å². The average Bonchev–Trinajstić information content (AvgIpc) is 2.73. The van der Waals surface area contributed by atoms with E-state index in [-0.39, 0.29) is 0 Å². The predicted octanol–water partition coefficient (Wildman–Crippen LogP) is 6.24. The van der Waals surface area contributed by atoms with Crippen molar-refractivity contribution in [3.63, 3.8) is 0 Å². The van der Waals surface area contributed by atoms with Crippen molar-refractivity contribution in [1.29, 1.82) is 0 Å². The van der Waals surface area contributed by atoms with Crippen LogP contribution < -0.4 is 10.6 Å². The van der Waals surface area contributed by atoms with Crippen LogP contribution >= 0.6 is 24.0 Å². The topological polar surface area (TPSA) is 32.5 Å². The van der Waals surface area contributed by atoms with E-state index in [1.54, 1.807) is 0 Å². The smallest absolute Gasteiger partial charge is 0.104 e. The first-order chi connectivity index (χ1) is 14.4. The highest BCUT2D eigenvalue weighted by Crippen LogP contribution is 2.51. The Hall–Kier alpha value is -1.56. The first-order valence-electron chi connectivity index (χ1n) is 11.1. The maximum atomic E-state index is 6.19. The third kappa shape index (κ3) is 4.84. The molecule has 0 radical (unpaired) electrons. The van der Waals surface area contributed by atoms with Crippen LogP contribution in [0.2, 0.25) is 0 Å². The van der Waals surface area contributed by atoms with E-state index in [2.05, 4.69) is 80.8 Å². The average molecular weight is 442 g/mol. The molecular weight excluding hydrogens is 406 g/mol. The molecule has 1 heterocycles. The van der Waals surface area contributed by atoms with Crippen LogP contribution in [-0.2, 0) is 6.42 Å². The Morgan fingerprint density at radius 3 is 2.40 bits per heavy atom. The van der Waals surface area contributed by atoms with Gasteiger partial charge in [-0.15, -0.1) is 0 Å². The lowest BCUT2D eigenvalue weighted by Gasteiger charge is -2.41. The zero-order valence-electron chi connectivity index (χ0n) is 18.9. The molecule has 2 N–H and O–H groups in total. The van der Waals surface area contributed by atoms with E-state index < -0.39 is 0 Å². The van der Waals surface area contributed by atoms with E-state index in [1.807, 2.05) is 11.8 Å². The molecule has 2 aromatic rings. The van der Waals surface area contributed by atoms with Crippen LogP contribution in [0.25, 0.3) is 0 Å². The number of anilines is 2. The van der Waals surface area contributed by atoms with Gasteiger partial charge in [0.1, 0.15) is 4.99 Å². The lowest BCUT2D eigenvalue weighted by molar-refractivity contribution is 0.287. The fraction of sp³-hybridized carbons (Fsp3) is 0.480. The van der Waals surface area contributed by atoms with E-state index in [0.717, 1.165) is 38.0 Å². The molecule has 1 atom stereocenters. The Bertz CT molecular complexity index is 890. The normalized spacial score (nSPS) is 14.0. The predicted molar refractivity (Wildman–Crippen MR) is 135 cm³/mol. The summed E-state index contributed by atoms with van der Waals surface area (Å²) in [5.74, 6) is 0.630. The molecule has 0 spiro atoms. The van der Waals surface area contributed by atoms with Crippen molar-refractivity contribution < 1.29 is 0 Å². The number of para-hydroxylation sites is 1. The van der Waals surface area contributed by atoms with Crippen molar-refractivity contribution in [2.24, 2.45) is 11.7 Å². The summed E-state index contributed by atoms with van der Waals surface area (Å²) >= 11 is 7.33. The highest BCUT2D eigenvalue weighted by Gasteiger charge is 2.31. The molecule has 0 fully saturated rings. The SMILES string of the molecule is CCN(CC)CC(C)N1c2ccccc2Sc2ccc(C(N)=S)c(CCC(C)C)c21. The summed E-state index contributed by atoms with van der Waals surface area (Å²) in [5.41, 5.74) is 11.1. The highest BCUT2D eigenvalue weighted by atomic mass is 32.2. The second kappa shape index (κ2) is 10.2. The number of benzene rings is 2. The summed E-state index contributed by atoms with van der Waals surface area (Å²) in [4.78, 5) is 8.17. The van der Waals surface area contributed by atoms with Gasteiger partial charge in [0, 0.05) is 27.9 Å². The molecule has 2 aromatic carbocycles. The first-order valence-corrected chi connectivity index (χ1v) is 12.3. The van der Waals surface area contributed by atoms with Gasteiger partial charge >= 0.3 is 0 Å². The van der Waals surface area contributed by atoms with Crippen LogP contribution in [0.15, 0.2) is 46.2 Å². The van der Waals surface area contributed by atoms with Crippen LogP contribution in [0.3, 0.4) is 0 Å².